The second-order valence-corrected chi connectivity index (χ2v) is 5.36. The molecule has 1 aliphatic rings. The van der Waals surface area contributed by atoms with Crippen molar-refractivity contribution in [2.45, 2.75) is 6.42 Å². The Balaban J connectivity index is 1.80. The zero-order valence-electron chi connectivity index (χ0n) is 12.4. The van der Waals surface area contributed by atoms with Crippen LogP contribution in [0.15, 0.2) is 48.8 Å². The first-order chi connectivity index (χ1) is 11.1. The van der Waals surface area contributed by atoms with Crippen LogP contribution in [0.3, 0.4) is 0 Å². The van der Waals surface area contributed by atoms with E-state index in [0.29, 0.717) is 30.0 Å². The van der Waals surface area contributed by atoms with Gasteiger partial charge in [-0.25, -0.2) is 0 Å². The van der Waals surface area contributed by atoms with Gasteiger partial charge in [-0.1, -0.05) is 12.1 Å². The van der Waals surface area contributed by atoms with Crippen LogP contribution in [-0.4, -0.2) is 40.0 Å². The van der Waals surface area contributed by atoms with Crippen LogP contribution < -0.4 is 4.74 Å². The average molecular weight is 312 g/mol. The number of amides is 1. The van der Waals surface area contributed by atoms with E-state index >= 15 is 0 Å². The molecule has 0 unspecified atom stereocenters. The number of benzene rings is 1. The van der Waals surface area contributed by atoms with E-state index in [9.17, 15) is 9.59 Å². The molecule has 6 heteroatoms. The van der Waals surface area contributed by atoms with Crippen LogP contribution in [0.25, 0.3) is 0 Å². The van der Waals surface area contributed by atoms with E-state index in [1.54, 1.807) is 53.7 Å². The van der Waals surface area contributed by atoms with Crippen molar-refractivity contribution in [2.24, 2.45) is 5.92 Å². The smallest absolute Gasteiger partial charge is 0.308 e. The molecule has 0 aliphatic carbocycles. The normalized spacial score (nSPS) is 17.0. The molecule has 1 saturated heterocycles. The van der Waals surface area contributed by atoms with Crippen LogP contribution in [0.5, 0.6) is 11.5 Å². The van der Waals surface area contributed by atoms with Gasteiger partial charge in [-0.15, -0.1) is 0 Å². The molecule has 1 N–H and O–H groups in total. The Labute approximate surface area is 133 Å². The third-order valence-corrected chi connectivity index (χ3v) is 3.80. The minimum Gasteiger partial charge on any atom is -0.481 e. The average Bonchev–Trinajstić information content (AvgIpc) is 3.06. The Kier molecular flexibility index (Phi) is 4.23. The van der Waals surface area contributed by atoms with Crippen molar-refractivity contribution in [1.82, 2.24) is 9.88 Å². The summed E-state index contributed by atoms with van der Waals surface area (Å²) in [6, 6.07) is 10.4. The molecule has 1 fully saturated rings. The monoisotopic (exact) mass is 312 g/mol. The highest BCUT2D eigenvalue weighted by atomic mass is 16.5. The van der Waals surface area contributed by atoms with E-state index in [4.69, 9.17) is 9.84 Å². The lowest BCUT2D eigenvalue weighted by molar-refractivity contribution is -0.141. The van der Waals surface area contributed by atoms with Gasteiger partial charge in [-0.2, -0.15) is 0 Å². The first-order valence-corrected chi connectivity index (χ1v) is 7.34. The number of carbonyl (C=O) groups excluding carboxylic acids is 1. The quantitative estimate of drug-likeness (QED) is 0.938. The third kappa shape index (κ3) is 3.31. The fourth-order valence-corrected chi connectivity index (χ4v) is 2.58. The van der Waals surface area contributed by atoms with Crippen LogP contribution in [0.1, 0.15) is 16.8 Å². The highest BCUT2D eigenvalue weighted by molar-refractivity contribution is 5.97. The molecular formula is C17H16N2O4. The number of pyridine rings is 1. The summed E-state index contributed by atoms with van der Waals surface area (Å²) < 4.78 is 5.74. The predicted molar refractivity (Wildman–Crippen MR) is 82.4 cm³/mol. The molecule has 0 saturated carbocycles. The molecule has 1 atom stereocenters. The fraction of sp³-hybridized carbons (Fsp3) is 0.235. The Morgan fingerprint density at radius 2 is 2.04 bits per heavy atom. The van der Waals surface area contributed by atoms with E-state index < -0.39 is 11.9 Å². The number of rotatable bonds is 4. The maximum atomic E-state index is 12.7. The summed E-state index contributed by atoms with van der Waals surface area (Å²) >= 11 is 0. The number of hydrogen-bond donors (Lipinski definition) is 1. The van der Waals surface area contributed by atoms with E-state index in [0.717, 1.165) is 0 Å². The molecule has 2 heterocycles. The van der Waals surface area contributed by atoms with Crippen LogP contribution >= 0.6 is 0 Å². The first-order valence-electron chi connectivity index (χ1n) is 7.34. The number of para-hydroxylation sites is 1. The number of carboxylic acid groups (broad SMARTS) is 1. The highest BCUT2D eigenvalue weighted by Crippen LogP contribution is 2.27. The molecule has 1 amide bonds. The lowest BCUT2D eigenvalue weighted by Crippen LogP contribution is -2.30. The van der Waals surface area contributed by atoms with Crippen molar-refractivity contribution in [2.75, 3.05) is 13.1 Å². The SMILES string of the molecule is O=C(O)[C@H]1CCN(C(=O)c2ccccc2Oc2cccnc2)C1. The topological polar surface area (TPSA) is 79.7 Å². The Morgan fingerprint density at radius 1 is 1.22 bits per heavy atom. The molecule has 0 radical (unpaired) electrons. The number of ether oxygens (including phenoxy) is 1. The molecule has 1 aliphatic heterocycles. The molecular weight excluding hydrogens is 296 g/mol. The van der Waals surface area contributed by atoms with Crippen LogP contribution in [0, 0.1) is 5.92 Å². The standard InChI is InChI=1S/C17H16N2O4/c20-16(19-9-7-12(11-19)17(21)22)14-5-1-2-6-15(14)23-13-4-3-8-18-10-13/h1-6,8,10,12H,7,9,11H2,(H,21,22)/t12-/m0/s1. The Morgan fingerprint density at radius 3 is 2.74 bits per heavy atom. The minimum atomic E-state index is -0.861. The summed E-state index contributed by atoms with van der Waals surface area (Å²) in [5.74, 6) is -0.597. The number of hydrogen-bond acceptors (Lipinski definition) is 4. The van der Waals surface area contributed by atoms with Crippen molar-refractivity contribution in [3.8, 4) is 11.5 Å². The summed E-state index contributed by atoms with van der Waals surface area (Å²) in [7, 11) is 0. The maximum Gasteiger partial charge on any atom is 0.308 e. The molecule has 3 rings (SSSR count). The lowest BCUT2D eigenvalue weighted by Gasteiger charge is -2.18. The van der Waals surface area contributed by atoms with Gasteiger partial charge < -0.3 is 14.7 Å². The van der Waals surface area contributed by atoms with Crippen molar-refractivity contribution in [3.05, 3.63) is 54.4 Å². The summed E-state index contributed by atoms with van der Waals surface area (Å²) in [6.07, 6.45) is 3.68. The maximum absolute atomic E-state index is 12.7. The fourth-order valence-electron chi connectivity index (χ4n) is 2.58. The largest absolute Gasteiger partial charge is 0.481 e. The summed E-state index contributed by atoms with van der Waals surface area (Å²) in [4.78, 5) is 29.2. The predicted octanol–water partition coefficient (Wildman–Crippen LogP) is 2.42. The number of likely N-dealkylation sites (tertiary alicyclic amines) is 1. The molecule has 1 aromatic heterocycles. The van der Waals surface area contributed by atoms with Gasteiger partial charge in [-0.3, -0.25) is 14.6 Å². The summed E-state index contributed by atoms with van der Waals surface area (Å²) in [5, 5.41) is 9.06. The van der Waals surface area contributed by atoms with E-state index in [1.165, 1.54) is 0 Å². The van der Waals surface area contributed by atoms with Gasteiger partial charge in [-0.05, 0) is 30.7 Å². The van der Waals surface area contributed by atoms with E-state index in [2.05, 4.69) is 4.98 Å². The molecule has 118 valence electrons. The molecule has 1 aromatic carbocycles. The van der Waals surface area contributed by atoms with Crippen molar-refractivity contribution < 1.29 is 19.4 Å². The van der Waals surface area contributed by atoms with Crippen molar-refractivity contribution in [1.29, 1.82) is 0 Å². The molecule has 23 heavy (non-hydrogen) atoms. The third-order valence-electron chi connectivity index (χ3n) is 3.80. The number of nitrogens with zero attached hydrogens (tertiary/aromatic N) is 2. The molecule has 0 bridgehead atoms. The van der Waals surface area contributed by atoms with E-state index in [1.807, 2.05) is 0 Å². The van der Waals surface area contributed by atoms with E-state index in [-0.39, 0.29) is 12.5 Å². The van der Waals surface area contributed by atoms with Crippen LogP contribution in [0.2, 0.25) is 0 Å². The van der Waals surface area contributed by atoms with Gasteiger partial charge in [0.25, 0.3) is 5.91 Å². The minimum absolute atomic E-state index is 0.215. The van der Waals surface area contributed by atoms with Gasteiger partial charge in [0.15, 0.2) is 0 Å². The van der Waals surface area contributed by atoms with Gasteiger partial charge >= 0.3 is 5.97 Å². The van der Waals surface area contributed by atoms with Gasteiger partial charge in [0.1, 0.15) is 11.5 Å². The van der Waals surface area contributed by atoms with Gasteiger partial charge in [0.2, 0.25) is 0 Å². The molecule has 2 aromatic rings. The summed E-state index contributed by atoms with van der Waals surface area (Å²) in [5.41, 5.74) is 0.419. The summed E-state index contributed by atoms with van der Waals surface area (Å²) in [6.45, 7) is 0.673. The van der Waals surface area contributed by atoms with Crippen LogP contribution in [-0.2, 0) is 4.79 Å². The Hall–Kier alpha value is -2.89. The van der Waals surface area contributed by atoms with Crippen LogP contribution in [0.4, 0.5) is 0 Å². The lowest BCUT2D eigenvalue weighted by atomic mass is 10.1. The number of aliphatic carboxylic acids is 1. The number of carbonyl (C=O) groups is 2. The van der Waals surface area contributed by atoms with Crippen molar-refractivity contribution >= 4 is 11.9 Å². The second-order valence-electron chi connectivity index (χ2n) is 5.36. The molecule has 0 spiro atoms. The van der Waals surface area contributed by atoms with Gasteiger partial charge in [0.05, 0.1) is 17.7 Å². The highest BCUT2D eigenvalue weighted by Gasteiger charge is 2.32. The zero-order valence-corrected chi connectivity index (χ0v) is 12.4. The number of aromatic nitrogens is 1. The van der Waals surface area contributed by atoms with Gasteiger partial charge in [0, 0.05) is 19.3 Å². The zero-order chi connectivity index (χ0) is 16.2. The van der Waals surface area contributed by atoms with Crippen molar-refractivity contribution in [3.63, 3.8) is 0 Å². The first kappa shape index (κ1) is 15.0. The second kappa shape index (κ2) is 6.48. The number of carboxylic acids is 1. The Bertz CT molecular complexity index is 718. The molecule has 6 nitrogen and oxygen atoms in total.